The molecule has 0 saturated carbocycles. The van der Waals surface area contributed by atoms with E-state index in [9.17, 15) is 4.79 Å². The molecule has 0 saturated heterocycles. The standard InChI is InChI=1S/C22H25N3O/c1-18(12-13-19-8-4-2-5-9-19)24-22(26)15-14-20-16-23-25(17-20)21-10-6-3-7-11-21/h2-11,16-18H,12-15H2,1H3,(H,24,26). The number of rotatable bonds is 8. The molecule has 0 bridgehead atoms. The zero-order valence-electron chi connectivity index (χ0n) is 15.1. The molecule has 134 valence electrons. The summed E-state index contributed by atoms with van der Waals surface area (Å²) < 4.78 is 1.84. The van der Waals surface area contributed by atoms with Crippen molar-refractivity contribution in [2.24, 2.45) is 0 Å². The largest absolute Gasteiger partial charge is 0.354 e. The molecule has 0 aliphatic rings. The van der Waals surface area contributed by atoms with Gasteiger partial charge in [-0.3, -0.25) is 4.79 Å². The maximum Gasteiger partial charge on any atom is 0.220 e. The Labute approximate surface area is 154 Å². The van der Waals surface area contributed by atoms with Crippen molar-refractivity contribution in [1.29, 1.82) is 0 Å². The van der Waals surface area contributed by atoms with Crippen LogP contribution >= 0.6 is 0 Å². The van der Waals surface area contributed by atoms with Gasteiger partial charge in [-0.25, -0.2) is 4.68 Å². The fraction of sp³-hybridized carbons (Fsp3) is 0.273. The summed E-state index contributed by atoms with van der Waals surface area (Å²) in [6.45, 7) is 2.06. The van der Waals surface area contributed by atoms with Gasteiger partial charge in [0.2, 0.25) is 5.91 Å². The van der Waals surface area contributed by atoms with Gasteiger partial charge in [0.1, 0.15) is 0 Å². The van der Waals surface area contributed by atoms with Crippen LogP contribution in [0.25, 0.3) is 5.69 Å². The summed E-state index contributed by atoms with van der Waals surface area (Å²) in [7, 11) is 0. The lowest BCUT2D eigenvalue weighted by atomic mass is 10.1. The van der Waals surface area contributed by atoms with Crippen molar-refractivity contribution in [3.8, 4) is 5.69 Å². The van der Waals surface area contributed by atoms with E-state index in [1.54, 1.807) is 0 Å². The van der Waals surface area contributed by atoms with Gasteiger partial charge < -0.3 is 5.32 Å². The van der Waals surface area contributed by atoms with E-state index in [4.69, 9.17) is 0 Å². The quantitative estimate of drug-likeness (QED) is 0.671. The van der Waals surface area contributed by atoms with Gasteiger partial charge in [-0.05, 0) is 49.4 Å². The topological polar surface area (TPSA) is 46.9 Å². The molecule has 0 aliphatic heterocycles. The molecular weight excluding hydrogens is 322 g/mol. The van der Waals surface area contributed by atoms with E-state index in [1.165, 1.54) is 5.56 Å². The summed E-state index contributed by atoms with van der Waals surface area (Å²) >= 11 is 0. The minimum absolute atomic E-state index is 0.0954. The van der Waals surface area contributed by atoms with Gasteiger partial charge in [0.05, 0.1) is 11.9 Å². The molecule has 4 heteroatoms. The van der Waals surface area contributed by atoms with Crippen LogP contribution in [0.4, 0.5) is 0 Å². The lowest BCUT2D eigenvalue weighted by Crippen LogP contribution is -2.33. The molecule has 1 atom stereocenters. The van der Waals surface area contributed by atoms with E-state index in [1.807, 2.05) is 65.6 Å². The Balaban J connectivity index is 1.42. The van der Waals surface area contributed by atoms with Gasteiger partial charge >= 0.3 is 0 Å². The molecular formula is C22H25N3O. The van der Waals surface area contributed by atoms with Gasteiger partial charge in [0.25, 0.3) is 0 Å². The van der Waals surface area contributed by atoms with Gasteiger partial charge in [0.15, 0.2) is 0 Å². The molecule has 3 rings (SSSR count). The first-order valence-electron chi connectivity index (χ1n) is 9.13. The first kappa shape index (κ1) is 17.9. The van der Waals surface area contributed by atoms with Crippen LogP contribution in [0.2, 0.25) is 0 Å². The molecule has 0 spiro atoms. The van der Waals surface area contributed by atoms with Crippen LogP contribution in [0.15, 0.2) is 73.1 Å². The lowest BCUT2D eigenvalue weighted by molar-refractivity contribution is -0.121. The molecule has 2 aromatic carbocycles. The summed E-state index contributed by atoms with van der Waals surface area (Å²) in [4.78, 5) is 12.2. The average Bonchev–Trinajstić information content (AvgIpc) is 3.15. The number of carbonyl (C=O) groups is 1. The highest BCUT2D eigenvalue weighted by Gasteiger charge is 2.09. The second kappa shape index (κ2) is 8.99. The molecule has 0 fully saturated rings. The molecule has 1 heterocycles. The molecule has 0 aliphatic carbocycles. The van der Waals surface area contributed by atoms with E-state index in [0.29, 0.717) is 12.8 Å². The lowest BCUT2D eigenvalue weighted by Gasteiger charge is -2.13. The van der Waals surface area contributed by atoms with Crippen molar-refractivity contribution in [3.63, 3.8) is 0 Å². The van der Waals surface area contributed by atoms with E-state index in [0.717, 1.165) is 24.1 Å². The third kappa shape index (κ3) is 5.31. The molecule has 3 aromatic rings. The first-order chi connectivity index (χ1) is 12.7. The van der Waals surface area contributed by atoms with Crippen LogP contribution in [0.3, 0.4) is 0 Å². The third-order valence-electron chi connectivity index (χ3n) is 4.41. The summed E-state index contributed by atoms with van der Waals surface area (Å²) in [6.07, 6.45) is 6.93. The normalized spacial score (nSPS) is 11.9. The number of nitrogens with zero attached hydrogens (tertiary/aromatic N) is 2. The summed E-state index contributed by atoms with van der Waals surface area (Å²) in [6, 6.07) is 20.5. The molecule has 1 aromatic heterocycles. The third-order valence-corrected chi connectivity index (χ3v) is 4.41. The smallest absolute Gasteiger partial charge is 0.220 e. The second-order valence-corrected chi connectivity index (χ2v) is 6.62. The molecule has 0 radical (unpaired) electrons. The molecule has 4 nitrogen and oxygen atoms in total. The number of benzene rings is 2. The number of nitrogens with one attached hydrogen (secondary N) is 1. The monoisotopic (exact) mass is 347 g/mol. The fourth-order valence-corrected chi connectivity index (χ4v) is 2.92. The minimum atomic E-state index is 0.0954. The van der Waals surface area contributed by atoms with Crippen molar-refractivity contribution in [3.05, 3.63) is 84.2 Å². The average molecular weight is 347 g/mol. The van der Waals surface area contributed by atoms with Gasteiger partial charge in [-0.15, -0.1) is 0 Å². The van der Waals surface area contributed by atoms with Crippen molar-refractivity contribution in [2.45, 2.75) is 38.6 Å². The Kier molecular flexibility index (Phi) is 6.20. The van der Waals surface area contributed by atoms with E-state index in [2.05, 4.69) is 29.5 Å². The van der Waals surface area contributed by atoms with E-state index in [-0.39, 0.29) is 11.9 Å². The van der Waals surface area contributed by atoms with Gasteiger partial charge in [0, 0.05) is 18.7 Å². The van der Waals surface area contributed by atoms with Crippen LogP contribution in [-0.4, -0.2) is 21.7 Å². The SMILES string of the molecule is CC(CCc1ccccc1)NC(=O)CCc1cnn(-c2ccccc2)c1. The predicted molar refractivity (Wildman–Crippen MR) is 104 cm³/mol. The zero-order chi connectivity index (χ0) is 18.2. The van der Waals surface area contributed by atoms with Crippen molar-refractivity contribution in [1.82, 2.24) is 15.1 Å². The Morgan fingerprint density at radius 2 is 1.69 bits per heavy atom. The number of para-hydroxylation sites is 1. The number of hydrogen-bond donors (Lipinski definition) is 1. The maximum absolute atomic E-state index is 12.2. The maximum atomic E-state index is 12.2. The predicted octanol–water partition coefficient (Wildman–Crippen LogP) is 3.94. The van der Waals surface area contributed by atoms with E-state index < -0.39 is 0 Å². The summed E-state index contributed by atoms with van der Waals surface area (Å²) in [5, 5.41) is 7.47. The highest BCUT2D eigenvalue weighted by molar-refractivity contribution is 5.76. The number of carbonyl (C=O) groups excluding carboxylic acids is 1. The molecule has 1 N–H and O–H groups in total. The zero-order valence-corrected chi connectivity index (χ0v) is 15.1. The molecule has 1 amide bonds. The molecule has 26 heavy (non-hydrogen) atoms. The Morgan fingerprint density at radius 1 is 1.00 bits per heavy atom. The minimum Gasteiger partial charge on any atom is -0.354 e. The van der Waals surface area contributed by atoms with Crippen molar-refractivity contribution in [2.75, 3.05) is 0 Å². The van der Waals surface area contributed by atoms with Crippen LogP contribution in [-0.2, 0) is 17.6 Å². The Hall–Kier alpha value is -2.88. The highest BCUT2D eigenvalue weighted by atomic mass is 16.1. The summed E-state index contributed by atoms with van der Waals surface area (Å²) in [5.74, 6) is 0.0954. The van der Waals surface area contributed by atoms with E-state index >= 15 is 0 Å². The number of aromatic nitrogens is 2. The van der Waals surface area contributed by atoms with Crippen LogP contribution in [0.5, 0.6) is 0 Å². The van der Waals surface area contributed by atoms with Crippen molar-refractivity contribution >= 4 is 5.91 Å². The molecule has 1 unspecified atom stereocenters. The van der Waals surface area contributed by atoms with Gasteiger partial charge in [-0.2, -0.15) is 5.10 Å². The number of aryl methyl sites for hydroxylation is 2. The summed E-state index contributed by atoms with van der Waals surface area (Å²) in [5.41, 5.74) is 3.40. The van der Waals surface area contributed by atoms with Gasteiger partial charge in [-0.1, -0.05) is 48.5 Å². The first-order valence-corrected chi connectivity index (χ1v) is 9.13. The number of amides is 1. The van der Waals surface area contributed by atoms with Crippen LogP contribution in [0.1, 0.15) is 30.9 Å². The fourth-order valence-electron chi connectivity index (χ4n) is 2.92. The van der Waals surface area contributed by atoms with Crippen LogP contribution < -0.4 is 5.32 Å². The Morgan fingerprint density at radius 3 is 2.42 bits per heavy atom. The van der Waals surface area contributed by atoms with Crippen molar-refractivity contribution < 1.29 is 4.79 Å². The highest BCUT2D eigenvalue weighted by Crippen LogP contribution is 2.09. The Bertz CT molecular complexity index is 812. The van der Waals surface area contributed by atoms with Crippen LogP contribution in [0, 0.1) is 0 Å². The number of hydrogen-bond acceptors (Lipinski definition) is 2. The second-order valence-electron chi connectivity index (χ2n) is 6.62.